The minimum absolute atomic E-state index is 0. The smallest absolute Gasteiger partial charge is 0.335 e. The maximum Gasteiger partial charge on any atom is 0.335 e. The minimum Gasteiger partial charge on any atom is -0.478 e. The maximum absolute atomic E-state index is 10.6. The second-order valence-corrected chi connectivity index (χ2v) is 2.87. The molecule has 66 valence electrons. The zero-order valence-electron chi connectivity index (χ0n) is 7.60. The third-order valence-corrected chi connectivity index (χ3v) is 2.00. The first-order chi connectivity index (χ1) is 6.27. The molecule has 0 amide bonds. The summed E-state index contributed by atoms with van der Waals surface area (Å²) in [7, 11) is 0. The molecule has 0 aliphatic carbocycles. The van der Waals surface area contributed by atoms with Crippen molar-refractivity contribution in [2.75, 3.05) is 0 Å². The molecule has 2 aromatic carbocycles. The molecule has 14 heavy (non-hydrogen) atoms. The minimum atomic E-state index is -0.884. The van der Waals surface area contributed by atoms with Crippen LogP contribution in [0.25, 0.3) is 10.8 Å². The van der Waals surface area contributed by atoms with Crippen LogP contribution in [0.15, 0.2) is 42.5 Å². The number of benzene rings is 2. The number of aromatic carboxylic acids is 1. The van der Waals surface area contributed by atoms with Gasteiger partial charge in [0.25, 0.3) is 0 Å². The second-order valence-electron chi connectivity index (χ2n) is 2.87. The zero-order valence-corrected chi connectivity index (χ0v) is 13.1. The summed E-state index contributed by atoms with van der Waals surface area (Å²) in [4.78, 5) is 10.6. The third-order valence-electron chi connectivity index (χ3n) is 2.00. The van der Waals surface area contributed by atoms with Gasteiger partial charge in [0, 0.05) is 27.7 Å². The van der Waals surface area contributed by atoms with Crippen LogP contribution in [-0.4, -0.2) is 11.1 Å². The molecule has 0 radical (unpaired) electrons. The molecule has 0 aliphatic heterocycles. The Morgan fingerprint density at radius 2 is 1.64 bits per heavy atom. The van der Waals surface area contributed by atoms with Crippen LogP contribution in [-0.2, 0) is 27.7 Å². The zero-order chi connectivity index (χ0) is 9.26. The molecular weight excluding hydrogens is 365 g/mol. The van der Waals surface area contributed by atoms with Gasteiger partial charge in [-0.2, -0.15) is 0 Å². The Bertz CT molecular complexity index is 466. The Morgan fingerprint density at radius 3 is 2.29 bits per heavy atom. The number of carbonyl (C=O) groups is 1. The molecule has 0 aromatic heterocycles. The Balaban J connectivity index is 0.000000980. The van der Waals surface area contributed by atoms with E-state index in [-0.39, 0.29) is 27.7 Å². The van der Waals surface area contributed by atoms with Crippen LogP contribution in [0.1, 0.15) is 10.4 Å². The van der Waals surface area contributed by atoms with Crippen LogP contribution in [0.2, 0.25) is 0 Å². The monoisotopic (exact) mass is 374 g/mol. The topological polar surface area (TPSA) is 37.3 Å². The van der Waals surface area contributed by atoms with Crippen molar-refractivity contribution in [1.29, 1.82) is 0 Å². The number of carboxylic acids is 1. The number of fused-ring (bicyclic) bond motifs is 1. The van der Waals surface area contributed by atoms with Gasteiger partial charge in [-0.15, -0.1) is 0 Å². The van der Waals surface area contributed by atoms with Crippen LogP contribution in [0.4, 0.5) is 0 Å². The molecule has 0 unspecified atom stereocenters. The molecule has 2 rings (SSSR count). The van der Waals surface area contributed by atoms with Crippen LogP contribution >= 0.6 is 0 Å². The van der Waals surface area contributed by atoms with Gasteiger partial charge >= 0.3 is 5.97 Å². The summed E-state index contributed by atoms with van der Waals surface area (Å²) in [5.74, 6) is -0.884. The summed E-state index contributed by atoms with van der Waals surface area (Å²) in [5.41, 5.74) is 0.332. The number of hydrogen-bond acceptors (Lipinski definition) is 1. The Kier molecular flexibility index (Phi) is 3.64. The molecule has 0 saturated carbocycles. The van der Waals surface area contributed by atoms with Crippen molar-refractivity contribution < 1.29 is 37.6 Å². The molecule has 0 heterocycles. The molecule has 3 heteroatoms. The van der Waals surface area contributed by atoms with Gasteiger partial charge in [-0.1, -0.05) is 30.3 Å². The molecule has 0 spiro atoms. The van der Waals surface area contributed by atoms with Crippen LogP contribution < -0.4 is 0 Å². The van der Waals surface area contributed by atoms with Crippen molar-refractivity contribution in [2.45, 2.75) is 0 Å². The summed E-state index contributed by atoms with van der Waals surface area (Å²) in [6.07, 6.45) is 0. The molecule has 2 aromatic rings. The molecule has 0 bridgehead atoms. The van der Waals surface area contributed by atoms with Crippen molar-refractivity contribution in [3.63, 3.8) is 0 Å². The molecule has 0 saturated heterocycles. The Morgan fingerprint density at radius 1 is 1.00 bits per heavy atom. The molecule has 0 fully saturated rings. The first-order valence-electron chi connectivity index (χ1n) is 3.99. The van der Waals surface area contributed by atoms with E-state index < -0.39 is 5.97 Å². The normalized spacial score (nSPS) is 9.43. The number of hydrogen-bond donors (Lipinski definition) is 1. The quantitative estimate of drug-likeness (QED) is 0.781. The van der Waals surface area contributed by atoms with Gasteiger partial charge in [-0.25, -0.2) is 4.79 Å². The van der Waals surface area contributed by atoms with E-state index in [4.69, 9.17) is 5.11 Å². The van der Waals surface area contributed by atoms with E-state index in [0.29, 0.717) is 5.56 Å². The van der Waals surface area contributed by atoms with E-state index in [1.165, 1.54) is 0 Å². The van der Waals surface area contributed by atoms with Crippen LogP contribution in [0.5, 0.6) is 0 Å². The van der Waals surface area contributed by atoms with Crippen LogP contribution in [0.3, 0.4) is 0 Å². The molecular formula is C11H8HgO2. The van der Waals surface area contributed by atoms with E-state index in [1.54, 1.807) is 12.1 Å². The number of carboxylic acid groups (broad SMARTS) is 1. The Labute approximate surface area is 102 Å². The van der Waals surface area contributed by atoms with Gasteiger partial charge in [-0.05, 0) is 22.9 Å². The predicted octanol–water partition coefficient (Wildman–Crippen LogP) is 2.54. The van der Waals surface area contributed by atoms with E-state index in [2.05, 4.69) is 0 Å². The van der Waals surface area contributed by atoms with E-state index in [9.17, 15) is 4.79 Å². The Hall–Kier alpha value is -0.895. The molecule has 1 N–H and O–H groups in total. The summed E-state index contributed by atoms with van der Waals surface area (Å²) >= 11 is 0. The molecule has 0 aliphatic rings. The van der Waals surface area contributed by atoms with E-state index >= 15 is 0 Å². The standard InChI is InChI=1S/C11H8O2.Hg/c12-11(13)10-6-5-8-3-1-2-4-9(8)7-10;/h1-7H,(H,12,13);. The van der Waals surface area contributed by atoms with Gasteiger partial charge in [0.05, 0.1) is 5.56 Å². The van der Waals surface area contributed by atoms with Crippen molar-refractivity contribution >= 4 is 16.7 Å². The summed E-state index contributed by atoms with van der Waals surface area (Å²) in [6, 6.07) is 12.8. The number of rotatable bonds is 1. The molecule has 2 nitrogen and oxygen atoms in total. The van der Waals surface area contributed by atoms with Crippen molar-refractivity contribution in [3.8, 4) is 0 Å². The average molecular weight is 373 g/mol. The summed E-state index contributed by atoms with van der Waals surface area (Å²) in [5, 5.41) is 10.8. The van der Waals surface area contributed by atoms with Gasteiger partial charge in [-0.3, -0.25) is 0 Å². The first kappa shape index (κ1) is 11.2. The van der Waals surface area contributed by atoms with Crippen molar-refractivity contribution in [1.82, 2.24) is 0 Å². The SMILES string of the molecule is O=C(O)c1ccc2ccccc2c1.[Hg]. The van der Waals surface area contributed by atoms with Gasteiger partial charge in [0.15, 0.2) is 0 Å². The maximum atomic E-state index is 10.6. The fourth-order valence-corrected chi connectivity index (χ4v) is 1.32. The second kappa shape index (κ2) is 4.55. The average Bonchev–Trinajstić information content (AvgIpc) is 2.17. The summed E-state index contributed by atoms with van der Waals surface area (Å²) in [6.45, 7) is 0. The van der Waals surface area contributed by atoms with Crippen molar-refractivity contribution in [3.05, 3.63) is 48.0 Å². The predicted molar refractivity (Wildman–Crippen MR) is 50.9 cm³/mol. The van der Waals surface area contributed by atoms with Gasteiger partial charge < -0.3 is 5.11 Å². The fourth-order valence-electron chi connectivity index (χ4n) is 1.32. The fraction of sp³-hybridized carbons (Fsp3) is 0. The van der Waals surface area contributed by atoms with E-state index in [0.717, 1.165) is 10.8 Å². The van der Waals surface area contributed by atoms with E-state index in [1.807, 2.05) is 30.3 Å². The molecule has 0 atom stereocenters. The van der Waals surface area contributed by atoms with Crippen molar-refractivity contribution in [2.24, 2.45) is 0 Å². The third kappa shape index (κ3) is 2.12. The first-order valence-corrected chi connectivity index (χ1v) is 3.99. The van der Waals surface area contributed by atoms with Gasteiger partial charge in [0.2, 0.25) is 0 Å². The largest absolute Gasteiger partial charge is 0.478 e. The van der Waals surface area contributed by atoms with Crippen LogP contribution in [0, 0.1) is 0 Å². The van der Waals surface area contributed by atoms with Gasteiger partial charge in [0.1, 0.15) is 0 Å². The summed E-state index contributed by atoms with van der Waals surface area (Å²) < 4.78 is 0.